The maximum absolute atomic E-state index is 10.1. The molecule has 0 atom stereocenters. The van der Waals surface area contributed by atoms with Crippen molar-refractivity contribution in [3.05, 3.63) is 28.8 Å². The minimum absolute atomic E-state index is 0.487. The van der Waals surface area contributed by atoms with Crippen LogP contribution < -0.4 is 0 Å². The van der Waals surface area contributed by atoms with Gasteiger partial charge >= 0.3 is 0 Å². The van der Waals surface area contributed by atoms with Gasteiger partial charge < -0.3 is 4.84 Å². The van der Waals surface area contributed by atoms with Gasteiger partial charge in [0.2, 0.25) is 6.08 Å². The molecule has 16 heavy (non-hydrogen) atoms. The highest BCUT2D eigenvalue weighted by Gasteiger charge is 2.05. The Labute approximate surface area is 98.6 Å². The monoisotopic (exact) mass is 238 g/mol. The summed E-state index contributed by atoms with van der Waals surface area (Å²) in [5.41, 5.74) is 1.81. The van der Waals surface area contributed by atoms with Gasteiger partial charge in [-0.1, -0.05) is 16.8 Å². The Morgan fingerprint density at radius 2 is 2.31 bits per heavy atom. The van der Waals surface area contributed by atoms with Crippen LogP contribution in [0.2, 0.25) is 5.02 Å². The Morgan fingerprint density at radius 1 is 1.56 bits per heavy atom. The highest BCUT2D eigenvalue weighted by molar-refractivity contribution is 6.34. The summed E-state index contributed by atoms with van der Waals surface area (Å²) >= 11 is 5.99. The lowest BCUT2D eigenvalue weighted by Gasteiger charge is -2.04. The van der Waals surface area contributed by atoms with Gasteiger partial charge in [-0.3, -0.25) is 0 Å². The van der Waals surface area contributed by atoms with Crippen molar-refractivity contribution in [3.8, 4) is 0 Å². The SMILES string of the molecule is CCO/N=C(/C)c1cc(N=C=O)ccc1Cl. The molecule has 0 saturated carbocycles. The molecule has 0 saturated heterocycles. The molecule has 0 unspecified atom stereocenters. The molecule has 0 aromatic heterocycles. The summed E-state index contributed by atoms with van der Waals surface area (Å²) in [5.74, 6) is 0. The van der Waals surface area contributed by atoms with E-state index in [2.05, 4.69) is 10.1 Å². The van der Waals surface area contributed by atoms with Crippen LogP contribution in [0.25, 0.3) is 0 Å². The molecule has 4 nitrogen and oxygen atoms in total. The third kappa shape index (κ3) is 3.19. The van der Waals surface area contributed by atoms with Crippen molar-refractivity contribution in [3.63, 3.8) is 0 Å². The molecule has 0 N–H and O–H groups in total. The van der Waals surface area contributed by atoms with Gasteiger partial charge in [-0.15, -0.1) is 0 Å². The van der Waals surface area contributed by atoms with Crippen LogP contribution in [0.1, 0.15) is 19.4 Å². The molecule has 0 heterocycles. The Kier molecular flexibility index (Phi) is 4.70. The fourth-order valence-corrected chi connectivity index (χ4v) is 1.38. The van der Waals surface area contributed by atoms with Gasteiger partial charge in [0.1, 0.15) is 6.61 Å². The smallest absolute Gasteiger partial charge is 0.240 e. The van der Waals surface area contributed by atoms with Crippen LogP contribution in [0.5, 0.6) is 0 Å². The highest BCUT2D eigenvalue weighted by Crippen LogP contribution is 2.22. The lowest BCUT2D eigenvalue weighted by Crippen LogP contribution is -1.97. The van der Waals surface area contributed by atoms with Gasteiger partial charge in [0.05, 0.1) is 11.4 Å². The van der Waals surface area contributed by atoms with Crippen molar-refractivity contribution in [1.29, 1.82) is 0 Å². The minimum Gasteiger partial charge on any atom is -0.396 e. The van der Waals surface area contributed by atoms with Gasteiger partial charge in [-0.2, -0.15) is 4.99 Å². The van der Waals surface area contributed by atoms with E-state index in [9.17, 15) is 4.79 Å². The summed E-state index contributed by atoms with van der Waals surface area (Å²) in [5, 5.41) is 4.40. The fraction of sp³-hybridized carbons (Fsp3) is 0.273. The number of oxime groups is 1. The van der Waals surface area contributed by atoms with Gasteiger partial charge in [-0.05, 0) is 32.0 Å². The maximum atomic E-state index is 10.1. The largest absolute Gasteiger partial charge is 0.396 e. The lowest BCUT2D eigenvalue weighted by atomic mass is 10.1. The number of carbonyl (C=O) groups excluding carboxylic acids is 1. The molecule has 0 aliphatic rings. The van der Waals surface area contributed by atoms with Crippen molar-refractivity contribution in [2.45, 2.75) is 13.8 Å². The van der Waals surface area contributed by atoms with Crippen molar-refractivity contribution in [2.75, 3.05) is 6.61 Å². The van der Waals surface area contributed by atoms with Crippen molar-refractivity contribution >= 4 is 29.1 Å². The molecule has 0 radical (unpaired) electrons. The van der Waals surface area contributed by atoms with E-state index in [1.807, 2.05) is 6.92 Å². The zero-order valence-electron chi connectivity index (χ0n) is 9.03. The molecule has 1 aromatic carbocycles. The van der Waals surface area contributed by atoms with Crippen LogP contribution >= 0.6 is 11.6 Å². The normalized spacial score (nSPS) is 10.8. The first-order chi connectivity index (χ1) is 7.69. The first-order valence-electron chi connectivity index (χ1n) is 4.73. The van der Waals surface area contributed by atoms with E-state index in [1.165, 1.54) is 6.08 Å². The highest BCUT2D eigenvalue weighted by atomic mass is 35.5. The molecular formula is C11H11ClN2O2. The molecule has 84 valence electrons. The molecular weight excluding hydrogens is 228 g/mol. The van der Waals surface area contributed by atoms with E-state index >= 15 is 0 Å². The average molecular weight is 239 g/mol. The Balaban J connectivity index is 3.11. The number of nitrogens with zero attached hydrogens (tertiary/aromatic N) is 2. The predicted octanol–water partition coefficient (Wildman–Crippen LogP) is 3.07. The summed E-state index contributed by atoms with van der Waals surface area (Å²) in [6.07, 6.45) is 1.47. The number of aliphatic imine (C=N–C) groups is 1. The Hall–Kier alpha value is -1.64. The molecule has 0 aliphatic carbocycles. The number of isocyanates is 1. The second kappa shape index (κ2) is 6.05. The van der Waals surface area contributed by atoms with Crippen molar-refractivity contribution in [1.82, 2.24) is 0 Å². The van der Waals surface area contributed by atoms with Gasteiger partial charge in [0, 0.05) is 10.6 Å². The second-order valence-electron chi connectivity index (χ2n) is 2.96. The lowest BCUT2D eigenvalue weighted by molar-refractivity contribution is 0.159. The zero-order valence-corrected chi connectivity index (χ0v) is 9.78. The molecule has 0 bridgehead atoms. The summed E-state index contributed by atoms with van der Waals surface area (Å²) in [6, 6.07) is 4.94. The van der Waals surface area contributed by atoms with E-state index in [4.69, 9.17) is 16.4 Å². The maximum Gasteiger partial charge on any atom is 0.240 e. The van der Waals surface area contributed by atoms with Crippen LogP contribution in [0.4, 0.5) is 5.69 Å². The first-order valence-corrected chi connectivity index (χ1v) is 5.11. The molecule has 0 spiro atoms. The van der Waals surface area contributed by atoms with Crippen LogP contribution in [0.3, 0.4) is 0 Å². The van der Waals surface area contributed by atoms with Gasteiger partial charge in [-0.25, -0.2) is 4.79 Å². The van der Waals surface area contributed by atoms with Crippen molar-refractivity contribution in [2.24, 2.45) is 10.1 Å². The fourth-order valence-electron chi connectivity index (χ4n) is 1.12. The average Bonchev–Trinajstić information content (AvgIpc) is 2.29. The van der Waals surface area contributed by atoms with E-state index in [-0.39, 0.29) is 0 Å². The van der Waals surface area contributed by atoms with Crippen LogP contribution in [0, 0.1) is 0 Å². The molecule has 0 amide bonds. The third-order valence-corrected chi connectivity index (χ3v) is 2.17. The zero-order chi connectivity index (χ0) is 12.0. The number of hydrogen-bond donors (Lipinski definition) is 0. The molecule has 5 heteroatoms. The number of halogens is 1. The number of hydrogen-bond acceptors (Lipinski definition) is 4. The number of rotatable bonds is 4. The quantitative estimate of drug-likeness (QED) is 0.460. The molecule has 1 aromatic rings. The second-order valence-corrected chi connectivity index (χ2v) is 3.37. The summed E-state index contributed by atoms with van der Waals surface area (Å²) in [4.78, 5) is 18.6. The van der Waals surface area contributed by atoms with Crippen LogP contribution in [-0.2, 0) is 9.63 Å². The summed E-state index contributed by atoms with van der Waals surface area (Å²) in [7, 11) is 0. The van der Waals surface area contributed by atoms with Gasteiger partial charge in [0.15, 0.2) is 0 Å². The Bertz CT molecular complexity index is 451. The van der Waals surface area contributed by atoms with Gasteiger partial charge in [0.25, 0.3) is 0 Å². The van der Waals surface area contributed by atoms with Crippen LogP contribution in [-0.4, -0.2) is 18.4 Å². The predicted molar refractivity (Wildman–Crippen MR) is 63.1 cm³/mol. The van der Waals surface area contributed by atoms with Crippen LogP contribution in [0.15, 0.2) is 28.3 Å². The number of benzene rings is 1. The summed E-state index contributed by atoms with van der Waals surface area (Å²) in [6.45, 7) is 4.10. The van der Waals surface area contributed by atoms with E-state index < -0.39 is 0 Å². The third-order valence-electron chi connectivity index (χ3n) is 1.85. The molecule has 0 fully saturated rings. The van der Waals surface area contributed by atoms with E-state index in [0.29, 0.717) is 28.6 Å². The Morgan fingerprint density at radius 3 is 2.94 bits per heavy atom. The molecule has 0 aliphatic heterocycles. The van der Waals surface area contributed by atoms with E-state index in [1.54, 1.807) is 25.1 Å². The topological polar surface area (TPSA) is 51.0 Å². The first kappa shape index (κ1) is 12.4. The minimum atomic E-state index is 0.487. The molecule has 1 rings (SSSR count). The van der Waals surface area contributed by atoms with Crippen molar-refractivity contribution < 1.29 is 9.63 Å². The standard InChI is InChI=1S/C11H11ClN2O2/c1-3-16-14-8(2)10-6-9(13-7-15)4-5-11(10)12/h4-6H,3H2,1-2H3/b14-8-. The summed E-state index contributed by atoms with van der Waals surface area (Å²) < 4.78 is 0. The van der Waals surface area contributed by atoms with E-state index in [0.717, 1.165) is 0 Å².